The van der Waals surface area contributed by atoms with Gasteiger partial charge >= 0.3 is 0 Å². The average Bonchev–Trinajstić information content (AvgIpc) is 3.13. The van der Waals surface area contributed by atoms with E-state index in [0.717, 1.165) is 18.5 Å². The van der Waals surface area contributed by atoms with Gasteiger partial charge in [-0.3, -0.25) is 0 Å². The lowest BCUT2D eigenvalue weighted by Crippen LogP contribution is -2.27. The van der Waals surface area contributed by atoms with Crippen molar-refractivity contribution in [2.75, 3.05) is 19.6 Å². The molecular weight excluding hydrogens is 232 g/mol. The fourth-order valence-electron chi connectivity index (χ4n) is 3.26. The molecule has 0 bridgehead atoms. The minimum atomic E-state index is 0.867. The molecule has 2 fully saturated rings. The fourth-order valence-corrected chi connectivity index (χ4v) is 3.26. The van der Waals surface area contributed by atoms with Gasteiger partial charge in [-0.05, 0) is 63.2 Å². The standard InChI is InChI=1S/C17H26N2/c1-13-3-4-16(14(2)9-13)11-18-10-15-7-8-19(12-15)17-5-6-17/h3-4,9,15,17-18H,5-8,10-12H2,1-2H3. The first-order valence-corrected chi connectivity index (χ1v) is 7.73. The van der Waals surface area contributed by atoms with Gasteiger partial charge < -0.3 is 10.2 Å². The Morgan fingerprint density at radius 1 is 1.21 bits per heavy atom. The van der Waals surface area contributed by atoms with Crippen molar-refractivity contribution < 1.29 is 0 Å². The lowest BCUT2D eigenvalue weighted by atomic mass is 10.1. The average molecular weight is 258 g/mol. The van der Waals surface area contributed by atoms with Crippen molar-refractivity contribution in [2.45, 2.75) is 45.7 Å². The van der Waals surface area contributed by atoms with Gasteiger partial charge in [-0.15, -0.1) is 0 Å². The Bertz CT molecular complexity index is 437. The Kier molecular flexibility index (Phi) is 3.90. The van der Waals surface area contributed by atoms with Crippen LogP contribution in [0.3, 0.4) is 0 Å². The number of aryl methyl sites for hydroxylation is 2. The Hall–Kier alpha value is -0.860. The van der Waals surface area contributed by atoms with E-state index in [9.17, 15) is 0 Å². The van der Waals surface area contributed by atoms with Gasteiger partial charge in [0.15, 0.2) is 0 Å². The maximum Gasteiger partial charge on any atom is 0.0208 e. The summed E-state index contributed by atoms with van der Waals surface area (Å²) in [6.07, 6.45) is 4.28. The zero-order chi connectivity index (χ0) is 13.2. The van der Waals surface area contributed by atoms with E-state index in [-0.39, 0.29) is 0 Å². The van der Waals surface area contributed by atoms with Crippen LogP contribution in [0.15, 0.2) is 18.2 Å². The summed E-state index contributed by atoms with van der Waals surface area (Å²) in [4.78, 5) is 2.70. The number of likely N-dealkylation sites (tertiary alicyclic amines) is 1. The molecule has 104 valence electrons. The highest BCUT2D eigenvalue weighted by atomic mass is 15.2. The second-order valence-electron chi connectivity index (χ2n) is 6.44. The van der Waals surface area contributed by atoms with Crippen molar-refractivity contribution in [2.24, 2.45) is 5.92 Å². The number of hydrogen-bond acceptors (Lipinski definition) is 2. The zero-order valence-electron chi connectivity index (χ0n) is 12.3. The van der Waals surface area contributed by atoms with Crippen molar-refractivity contribution in [3.63, 3.8) is 0 Å². The molecule has 2 heteroatoms. The zero-order valence-corrected chi connectivity index (χ0v) is 12.3. The molecule has 1 saturated carbocycles. The highest BCUT2D eigenvalue weighted by molar-refractivity contribution is 5.30. The first kappa shape index (κ1) is 13.1. The molecule has 2 nitrogen and oxygen atoms in total. The minimum absolute atomic E-state index is 0.867. The van der Waals surface area contributed by atoms with Crippen molar-refractivity contribution in [1.82, 2.24) is 10.2 Å². The van der Waals surface area contributed by atoms with Gasteiger partial charge in [0.1, 0.15) is 0 Å². The lowest BCUT2D eigenvalue weighted by Gasteiger charge is -2.15. The van der Waals surface area contributed by atoms with Gasteiger partial charge in [-0.25, -0.2) is 0 Å². The van der Waals surface area contributed by atoms with Crippen molar-refractivity contribution >= 4 is 0 Å². The Morgan fingerprint density at radius 3 is 2.79 bits per heavy atom. The second kappa shape index (κ2) is 5.64. The van der Waals surface area contributed by atoms with Gasteiger partial charge in [0.05, 0.1) is 0 Å². The van der Waals surface area contributed by atoms with Crippen LogP contribution < -0.4 is 5.32 Å². The van der Waals surface area contributed by atoms with Gasteiger partial charge in [-0.1, -0.05) is 23.8 Å². The topological polar surface area (TPSA) is 15.3 Å². The van der Waals surface area contributed by atoms with E-state index in [4.69, 9.17) is 0 Å². The number of nitrogens with zero attached hydrogens (tertiary/aromatic N) is 1. The molecule has 19 heavy (non-hydrogen) atoms. The molecule has 1 saturated heterocycles. The molecule has 2 aliphatic rings. The van der Waals surface area contributed by atoms with E-state index in [2.05, 4.69) is 42.3 Å². The summed E-state index contributed by atoms with van der Waals surface area (Å²) in [5.74, 6) is 0.867. The predicted octanol–water partition coefficient (Wildman–Crippen LogP) is 2.88. The van der Waals surface area contributed by atoms with E-state index in [1.807, 2.05) is 0 Å². The molecule has 1 aliphatic carbocycles. The number of rotatable bonds is 5. The molecule has 1 N–H and O–H groups in total. The summed E-state index contributed by atoms with van der Waals surface area (Å²) in [5, 5.41) is 3.66. The van der Waals surface area contributed by atoms with E-state index < -0.39 is 0 Å². The molecule has 1 aliphatic heterocycles. The van der Waals surface area contributed by atoms with Crippen LogP contribution in [0.4, 0.5) is 0 Å². The Balaban J connectivity index is 1.43. The SMILES string of the molecule is Cc1ccc(CNCC2CCN(C3CC3)C2)c(C)c1. The maximum atomic E-state index is 3.66. The van der Waals surface area contributed by atoms with Crippen LogP contribution in [-0.2, 0) is 6.54 Å². The van der Waals surface area contributed by atoms with Crippen LogP contribution in [0.5, 0.6) is 0 Å². The maximum absolute atomic E-state index is 3.66. The molecule has 3 rings (SSSR count). The van der Waals surface area contributed by atoms with Crippen LogP contribution in [0, 0.1) is 19.8 Å². The minimum Gasteiger partial charge on any atom is -0.312 e. The van der Waals surface area contributed by atoms with Crippen molar-refractivity contribution in [3.8, 4) is 0 Å². The Morgan fingerprint density at radius 2 is 2.05 bits per heavy atom. The van der Waals surface area contributed by atoms with Gasteiger partial charge in [0, 0.05) is 19.1 Å². The molecule has 0 spiro atoms. The summed E-state index contributed by atoms with van der Waals surface area (Å²) in [6, 6.07) is 7.71. The van der Waals surface area contributed by atoms with Gasteiger partial charge in [0.2, 0.25) is 0 Å². The first-order valence-electron chi connectivity index (χ1n) is 7.73. The predicted molar refractivity (Wildman–Crippen MR) is 80.3 cm³/mol. The van der Waals surface area contributed by atoms with Crippen LogP contribution in [-0.4, -0.2) is 30.6 Å². The molecule has 0 amide bonds. The van der Waals surface area contributed by atoms with E-state index in [0.29, 0.717) is 0 Å². The van der Waals surface area contributed by atoms with Gasteiger partial charge in [0.25, 0.3) is 0 Å². The third-order valence-corrected chi connectivity index (χ3v) is 4.63. The normalized spacial score (nSPS) is 24.0. The van der Waals surface area contributed by atoms with Crippen molar-refractivity contribution in [1.29, 1.82) is 0 Å². The van der Waals surface area contributed by atoms with Crippen LogP contribution in [0.25, 0.3) is 0 Å². The van der Waals surface area contributed by atoms with Crippen LogP contribution in [0.1, 0.15) is 36.0 Å². The molecule has 1 heterocycles. The summed E-state index contributed by atoms with van der Waals surface area (Å²) in [6.45, 7) is 9.23. The second-order valence-corrected chi connectivity index (χ2v) is 6.44. The van der Waals surface area contributed by atoms with Crippen LogP contribution in [0.2, 0.25) is 0 Å². The van der Waals surface area contributed by atoms with Crippen molar-refractivity contribution in [3.05, 3.63) is 34.9 Å². The summed E-state index contributed by atoms with van der Waals surface area (Å²) < 4.78 is 0. The highest BCUT2D eigenvalue weighted by Crippen LogP contribution is 2.31. The third-order valence-electron chi connectivity index (χ3n) is 4.63. The fraction of sp³-hybridized carbons (Fsp3) is 0.647. The molecular formula is C17H26N2. The summed E-state index contributed by atoms with van der Waals surface area (Å²) in [7, 11) is 0. The smallest absolute Gasteiger partial charge is 0.0208 e. The molecule has 0 radical (unpaired) electrons. The quantitative estimate of drug-likeness (QED) is 0.873. The van der Waals surface area contributed by atoms with E-state index in [1.54, 1.807) is 0 Å². The number of benzene rings is 1. The molecule has 1 aromatic rings. The monoisotopic (exact) mass is 258 g/mol. The molecule has 0 aromatic heterocycles. The number of nitrogens with one attached hydrogen (secondary N) is 1. The van der Waals surface area contributed by atoms with E-state index >= 15 is 0 Å². The van der Waals surface area contributed by atoms with E-state index in [1.165, 1.54) is 55.6 Å². The molecule has 1 atom stereocenters. The third kappa shape index (κ3) is 3.37. The molecule has 1 aromatic carbocycles. The van der Waals surface area contributed by atoms with Crippen LogP contribution >= 0.6 is 0 Å². The summed E-state index contributed by atoms with van der Waals surface area (Å²) >= 11 is 0. The largest absolute Gasteiger partial charge is 0.312 e. The Labute approximate surface area is 117 Å². The first-order chi connectivity index (χ1) is 9.22. The lowest BCUT2D eigenvalue weighted by molar-refractivity contribution is 0.312. The van der Waals surface area contributed by atoms with Gasteiger partial charge in [-0.2, -0.15) is 0 Å². The molecule has 1 unspecified atom stereocenters. The highest BCUT2D eigenvalue weighted by Gasteiger charge is 2.33. The summed E-state index contributed by atoms with van der Waals surface area (Å²) in [5.41, 5.74) is 4.22. The number of hydrogen-bond donors (Lipinski definition) is 1.